The van der Waals surface area contributed by atoms with Crippen LogP contribution in [0.1, 0.15) is 5.56 Å². The summed E-state index contributed by atoms with van der Waals surface area (Å²) in [5.41, 5.74) is 1.39. The van der Waals surface area contributed by atoms with Crippen LogP contribution in [0.15, 0.2) is 48.8 Å². The van der Waals surface area contributed by atoms with Crippen LogP contribution in [-0.4, -0.2) is 13.1 Å². The maximum Gasteiger partial charge on any atom is 0.114 e. The summed E-state index contributed by atoms with van der Waals surface area (Å²) in [6.07, 6.45) is 3.85. The standard InChI is InChI=1S/C14H17NSi/c1-12-7-4-5-9-14(12)16(2,3)13-8-6-10-15-11-13/h4-11H,1-3H3. The summed E-state index contributed by atoms with van der Waals surface area (Å²) < 4.78 is 0. The maximum absolute atomic E-state index is 4.24. The van der Waals surface area contributed by atoms with Gasteiger partial charge in [-0.25, -0.2) is 0 Å². The molecule has 0 aliphatic rings. The van der Waals surface area contributed by atoms with Gasteiger partial charge in [0.1, 0.15) is 8.07 Å². The van der Waals surface area contributed by atoms with Crippen LogP contribution in [0.3, 0.4) is 0 Å². The van der Waals surface area contributed by atoms with Gasteiger partial charge in [0.2, 0.25) is 0 Å². The largest absolute Gasteiger partial charge is 0.265 e. The molecule has 0 amide bonds. The second-order valence-electron chi connectivity index (χ2n) is 4.68. The average Bonchev–Trinajstić information content (AvgIpc) is 2.30. The number of hydrogen-bond acceptors (Lipinski definition) is 1. The molecule has 0 saturated heterocycles. The van der Waals surface area contributed by atoms with E-state index in [1.54, 1.807) is 0 Å². The van der Waals surface area contributed by atoms with Crippen molar-refractivity contribution in [3.05, 3.63) is 54.4 Å². The van der Waals surface area contributed by atoms with E-state index in [0.29, 0.717) is 0 Å². The van der Waals surface area contributed by atoms with Crippen LogP contribution in [0.4, 0.5) is 0 Å². The van der Waals surface area contributed by atoms with Crippen molar-refractivity contribution in [1.82, 2.24) is 4.98 Å². The van der Waals surface area contributed by atoms with Crippen molar-refractivity contribution in [2.24, 2.45) is 0 Å². The van der Waals surface area contributed by atoms with Crippen LogP contribution in [-0.2, 0) is 0 Å². The van der Waals surface area contributed by atoms with Gasteiger partial charge in [-0.2, -0.15) is 0 Å². The van der Waals surface area contributed by atoms with Crippen LogP contribution < -0.4 is 10.4 Å². The monoisotopic (exact) mass is 227 g/mol. The zero-order chi connectivity index (χ0) is 11.6. The third-order valence-corrected chi connectivity index (χ3v) is 6.85. The van der Waals surface area contributed by atoms with E-state index in [4.69, 9.17) is 0 Å². The Morgan fingerprint density at radius 2 is 1.75 bits per heavy atom. The highest BCUT2D eigenvalue weighted by Gasteiger charge is 2.27. The van der Waals surface area contributed by atoms with Gasteiger partial charge in [-0.3, -0.25) is 4.98 Å². The van der Waals surface area contributed by atoms with Gasteiger partial charge in [0.15, 0.2) is 0 Å². The molecule has 2 aromatic rings. The predicted molar refractivity (Wildman–Crippen MR) is 72.2 cm³/mol. The maximum atomic E-state index is 4.24. The Bertz CT molecular complexity index is 477. The van der Waals surface area contributed by atoms with Gasteiger partial charge in [-0.15, -0.1) is 0 Å². The van der Waals surface area contributed by atoms with Crippen LogP contribution in [0.25, 0.3) is 0 Å². The molecule has 0 saturated carbocycles. The van der Waals surface area contributed by atoms with Crippen molar-refractivity contribution in [1.29, 1.82) is 0 Å². The summed E-state index contributed by atoms with van der Waals surface area (Å²) in [6, 6.07) is 12.9. The molecule has 2 heteroatoms. The molecule has 0 N–H and O–H groups in total. The fourth-order valence-electron chi connectivity index (χ4n) is 2.16. The van der Waals surface area contributed by atoms with Crippen LogP contribution in [0, 0.1) is 6.92 Å². The highest BCUT2D eigenvalue weighted by atomic mass is 28.3. The second-order valence-corrected chi connectivity index (χ2v) is 9.05. The summed E-state index contributed by atoms with van der Waals surface area (Å²) in [5.74, 6) is 0. The molecule has 0 atom stereocenters. The molecule has 82 valence electrons. The molecule has 0 radical (unpaired) electrons. The van der Waals surface area contributed by atoms with Gasteiger partial charge in [-0.1, -0.05) is 54.2 Å². The number of rotatable bonds is 2. The minimum atomic E-state index is -1.56. The van der Waals surface area contributed by atoms with Gasteiger partial charge in [-0.05, 0) is 18.2 Å². The lowest BCUT2D eigenvalue weighted by atomic mass is 10.2. The van der Waals surface area contributed by atoms with E-state index in [1.165, 1.54) is 15.9 Å². The summed E-state index contributed by atoms with van der Waals surface area (Å²) in [6.45, 7) is 6.96. The first-order valence-corrected chi connectivity index (χ1v) is 8.59. The predicted octanol–water partition coefficient (Wildman–Crippen LogP) is 2.21. The van der Waals surface area contributed by atoms with Gasteiger partial charge in [0, 0.05) is 12.4 Å². The first-order chi connectivity index (χ1) is 7.62. The normalized spacial score (nSPS) is 11.4. The smallest absolute Gasteiger partial charge is 0.114 e. The molecule has 0 unspecified atom stereocenters. The van der Waals surface area contributed by atoms with E-state index in [0.717, 1.165) is 0 Å². The highest BCUT2D eigenvalue weighted by molar-refractivity contribution is 7.00. The van der Waals surface area contributed by atoms with E-state index in [1.807, 2.05) is 18.5 Å². The van der Waals surface area contributed by atoms with Gasteiger partial charge >= 0.3 is 0 Å². The van der Waals surface area contributed by atoms with Crippen molar-refractivity contribution in [2.75, 3.05) is 0 Å². The molecule has 0 spiro atoms. The van der Waals surface area contributed by atoms with Gasteiger partial charge < -0.3 is 0 Å². The molecule has 1 aromatic carbocycles. The Morgan fingerprint density at radius 1 is 1.00 bits per heavy atom. The van der Waals surface area contributed by atoms with E-state index >= 15 is 0 Å². The molecule has 1 aromatic heterocycles. The van der Waals surface area contributed by atoms with Crippen molar-refractivity contribution < 1.29 is 0 Å². The topological polar surface area (TPSA) is 12.9 Å². The zero-order valence-electron chi connectivity index (χ0n) is 10.1. The lowest BCUT2D eigenvalue weighted by Gasteiger charge is -2.25. The minimum absolute atomic E-state index is 1.39. The lowest BCUT2D eigenvalue weighted by Crippen LogP contribution is -2.53. The van der Waals surface area contributed by atoms with Crippen molar-refractivity contribution >= 4 is 18.4 Å². The zero-order valence-corrected chi connectivity index (χ0v) is 11.1. The Labute approximate surface area is 98.2 Å². The Morgan fingerprint density at radius 3 is 2.38 bits per heavy atom. The van der Waals surface area contributed by atoms with Gasteiger partial charge in [0.25, 0.3) is 0 Å². The van der Waals surface area contributed by atoms with Gasteiger partial charge in [0.05, 0.1) is 0 Å². The van der Waals surface area contributed by atoms with E-state index in [-0.39, 0.29) is 0 Å². The second kappa shape index (κ2) is 4.22. The Hall–Kier alpha value is -1.41. The molecule has 1 nitrogen and oxygen atoms in total. The SMILES string of the molecule is Cc1ccccc1[Si](C)(C)c1cccnc1. The summed E-state index contributed by atoms with van der Waals surface area (Å²) in [5, 5.41) is 2.90. The first kappa shape index (κ1) is 11.1. The number of benzene rings is 1. The number of nitrogens with zero attached hydrogens (tertiary/aromatic N) is 1. The van der Waals surface area contributed by atoms with Crippen LogP contribution in [0.2, 0.25) is 13.1 Å². The quantitative estimate of drug-likeness (QED) is 0.717. The van der Waals surface area contributed by atoms with Crippen molar-refractivity contribution in [3.63, 3.8) is 0 Å². The number of hydrogen-bond donors (Lipinski definition) is 0. The summed E-state index contributed by atoms with van der Waals surface area (Å²) in [4.78, 5) is 4.24. The Balaban J connectivity index is 2.51. The van der Waals surface area contributed by atoms with Crippen LogP contribution in [0.5, 0.6) is 0 Å². The number of aromatic nitrogens is 1. The molecule has 1 heterocycles. The Kier molecular flexibility index (Phi) is 2.92. The molecule has 0 fully saturated rings. The molecule has 0 bridgehead atoms. The third kappa shape index (κ3) is 1.93. The van der Waals surface area contributed by atoms with E-state index in [2.05, 4.69) is 55.3 Å². The fraction of sp³-hybridized carbons (Fsp3) is 0.214. The molecular weight excluding hydrogens is 210 g/mol. The molecule has 0 aliphatic heterocycles. The number of aryl methyl sites for hydroxylation is 1. The number of pyridine rings is 1. The minimum Gasteiger partial charge on any atom is -0.265 e. The molecule has 2 rings (SSSR count). The molecular formula is C14H17NSi. The summed E-state index contributed by atoms with van der Waals surface area (Å²) >= 11 is 0. The van der Waals surface area contributed by atoms with E-state index < -0.39 is 8.07 Å². The fourth-order valence-corrected chi connectivity index (χ4v) is 4.97. The molecule has 0 aliphatic carbocycles. The van der Waals surface area contributed by atoms with E-state index in [9.17, 15) is 0 Å². The van der Waals surface area contributed by atoms with Crippen molar-refractivity contribution in [2.45, 2.75) is 20.0 Å². The summed E-state index contributed by atoms with van der Waals surface area (Å²) in [7, 11) is -1.56. The third-order valence-electron chi connectivity index (χ3n) is 3.20. The highest BCUT2D eigenvalue weighted by Crippen LogP contribution is 2.07. The van der Waals surface area contributed by atoms with Crippen molar-refractivity contribution in [3.8, 4) is 0 Å². The lowest BCUT2D eigenvalue weighted by molar-refractivity contribution is 1.34. The average molecular weight is 227 g/mol. The van der Waals surface area contributed by atoms with Crippen LogP contribution >= 0.6 is 0 Å². The molecule has 16 heavy (non-hydrogen) atoms. The first-order valence-electron chi connectivity index (χ1n) is 5.59.